The summed E-state index contributed by atoms with van der Waals surface area (Å²) in [5, 5.41) is 17.9. The van der Waals surface area contributed by atoms with Gasteiger partial charge in [0.05, 0.1) is 6.61 Å². The van der Waals surface area contributed by atoms with Gasteiger partial charge in [0.1, 0.15) is 13.1 Å². The summed E-state index contributed by atoms with van der Waals surface area (Å²) < 4.78 is 4.69. The van der Waals surface area contributed by atoms with E-state index in [1.165, 1.54) is 16.1 Å². The summed E-state index contributed by atoms with van der Waals surface area (Å²) in [5.74, 6) is -0.400. The molecular formula is C11H13N5O3S. The fourth-order valence-electron chi connectivity index (χ4n) is 1.38. The van der Waals surface area contributed by atoms with Gasteiger partial charge < -0.3 is 10.1 Å². The van der Waals surface area contributed by atoms with Crippen LogP contribution in [0, 0.1) is 0 Å². The van der Waals surface area contributed by atoms with Gasteiger partial charge in [0.2, 0.25) is 11.7 Å². The quantitative estimate of drug-likeness (QED) is 0.758. The van der Waals surface area contributed by atoms with Crippen molar-refractivity contribution in [2.45, 2.75) is 13.5 Å². The van der Waals surface area contributed by atoms with Crippen LogP contribution in [0.2, 0.25) is 0 Å². The van der Waals surface area contributed by atoms with Gasteiger partial charge in [-0.2, -0.15) is 16.1 Å². The molecule has 20 heavy (non-hydrogen) atoms. The molecule has 0 bridgehead atoms. The van der Waals surface area contributed by atoms with Crippen LogP contribution in [0.15, 0.2) is 16.8 Å². The van der Waals surface area contributed by atoms with Crippen molar-refractivity contribution in [3.05, 3.63) is 16.8 Å². The third kappa shape index (κ3) is 3.85. The summed E-state index contributed by atoms with van der Waals surface area (Å²) in [6.07, 6.45) is 0. The number of hydrogen-bond donors (Lipinski definition) is 1. The molecule has 0 saturated carbocycles. The predicted octanol–water partition coefficient (Wildman–Crippen LogP) is 0.0809. The third-order valence-corrected chi connectivity index (χ3v) is 2.94. The molecule has 0 aliphatic carbocycles. The molecule has 0 unspecified atom stereocenters. The molecular weight excluding hydrogens is 282 g/mol. The lowest BCUT2D eigenvalue weighted by Crippen LogP contribution is -2.33. The van der Waals surface area contributed by atoms with Crippen molar-refractivity contribution < 1.29 is 14.3 Å². The van der Waals surface area contributed by atoms with Crippen LogP contribution in [0.25, 0.3) is 11.4 Å². The SMILES string of the molecule is CCOC(=O)CNC(=O)Cn1nnc(-c2ccsc2)n1. The van der Waals surface area contributed by atoms with Gasteiger partial charge in [0.15, 0.2) is 0 Å². The number of aromatic nitrogens is 4. The second-order valence-electron chi connectivity index (χ2n) is 3.74. The standard InChI is InChI=1S/C11H13N5O3S/c1-2-19-10(18)5-12-9(17)6-16-14-11(13-15-16)8-3-4-20-7-8/h3-4,7H,2,5-6H2,1H3,(H,12,17). The number of carbonyl (C=O) groups is 2. The van der Waals surface area contributed by atoms with Crippen molar-refractivity contribution in [1.82, 2.24) is 25.5 Å². The van der Waals surface area contributed by atoms with Gasteiger partial charge in [-0.15, -0.1) is 10.2 Å². The van der Waals surface area contributed by atoms with E-state index in [0.717, 1.165) is 5.56 Å². The van der Waals surface area contributed by atoms with Crippen molar-refractivity contribution >= 4 is 23.2 Å². The minimum Gasteiger partial charge on any atom is -0.465 e. The molecule has 0 fully saturated rings. The maximum Gasteiger partial charge on any atom is 0.325 e. The molecule has 0 spiro atoms. The Kier molecular flexibility index (Phi) is 4.77. The molecule has 2 rings (SSSR count). The molecule has 0 radical (unpaired) electrons. The van der Waals surface area contributed by atoms with E-state index < -0.39 is 5.97 Å². The van der Waals surface area contributed by atoms with Crippen molar-refractivity contribution in [1.29, 1.82) is 0 Å². The van der Waals surface area contributed by atoms with Crippen LogP contribution in [0.1, 0.15) is 6.92 Å². The number of nitrogens with zero attached hydrogens (tertiary/aromatic N) is 4. The van der Waals surface area contributed by atoms with Gasteiger partial charge >= 0.3 is 5.97 Å². The topological polar surface area (TPSA) is 99.0 Å². The monoisotopic (exact) mass is 295 g/mol. The number of esters is 1. The van der Waals surface area contributed by atoms with E-state index in [0.29, 0.717) is 5.82 Å². The molecule has 0 aliphatic heterocycles. The summed E-state index contributed by atoms with van der Waals surface area (Å²) in [6.45, 7) is 1.71. The highest BCUT2D eigenvalue weighted by atomic mass is 32.1. The van der Waals surface area contributed by atoms with Crippen LogP contribution in [0.3, 0.4) is 0 Å². The Hall–Kier alpha value is -2.29. The maximum atomic E-state index is 11.6. The summed E-state index contributed by atoms with van der Waals surface area (Å²) in [5.41, 5.74) is 0.855. The predicted molar refractivity (Wildman–Crippen MR) is 70.8 cm³/mol. The Morgan fingerprint density at radius 1 is 1.50 bits per heavy atom. The number of rotatable bonds is 6. The second-order valence-corrected chi connectivity index (χ2v) is 4.52. The van der Waals surface area contributed by atoms with Crippen LogP contribution >= 0.6 is 11.3 Å². The fourth-order valence-corrected chi connectivity index (χ4v) is 2.02. The molecule has 1 N–H and O–H groups in total. The fraction of sp³-hybridized carbons (Fsp3) is 0.364. The highest BCUT2D eigenvalue weighted by Crippen LogP contribution is 2.16. The van der Waals surface area contributed by atoms with Gasteiger partial charge in [-0.05, 0) is 23.6 Å². The number of ether oxygens (including phenoxy) is 1. The van der Waals surface area contributed by atoms with Crippen molar-refractivity contribution in [3.63, 3.8) is 0 Å². The zero-order chi connectivity index (χ0) is 14.4. The average Bonchev–Trinajstić information content (AvgIpc) is 3.07. The smallest absolute Gasteiger partial charge is 0.325 e. The van der Waals surface area contributed by atoms with Gasteiger partial charge in [-0.3, -0.25) is 9.59 Å². The van der Waals surface area contributed by atoms with Gasteiger partial charge in [0.25, 0.3) is 0 Å². The lowest BCUT2D eigenvalue weighted by molar-refractivity contribution is -0.143. The van der Waals surface area contributed by atoms with Crippen LogP contribution in [0.5, 0.6) is 0 Å². The van der Waals surface area contributed by atoms with E-state index in [1.807, 2.05) is 16.8 Å². The zero-order valence-electron chi connectivity index (χ0n) is 10.8. The first-order valence-electron chi connectivity index (χ1n) is 5.91. The third-order valence-electron chi connectivity index (χ3n) is 2.25. The Morgan fingerprint density at radius 3 is 3.05 bits per heavy atom. The minimum absolute atomic E-state index is 0.101. The number of tetrazole rings is 1. The second kappa shape index (κ2) is 6.75. The Morgan fingerprint density at radius 2 is 2.35 bits per heavy atom. The largest absolute Gasteiger partial charge is 0.465 e. The summed E-state index contributed by atoms with van der Waals surface area (Å²) in [4.78, 5) is 23.8. The van der Waals surface area contributed by atoms with Gasteiger partial charge in [-0.25, -0.2) is 0 Å². The van der Waals surface area contributed by atoms with E-state index in [9.17, 15) is 9.59 Å². The molecule has 8 nitrogen and oxygen atoms in total. The van der Waals surface area contributed by atoms with E-state index >= 15 is 0 Å². The van der Waals surface area contributed by atoms with Crippen molar-refractivity contribution in [3.8, 4) is 11.4 Å². The molecule has 9 heteroatoms. The maximum absolute atomic E-state index is 11.6. The number of hydrogen-bond acceptors (Lipinski definition) is 7. The van der Waals surface area contributed by atoms with E-state index in [1.54, 1.807) is 6.92 Å². The summed E-state index contributed by atoms with van der Waals surface area (Å²) >= 11 is 1.53. The summed E-state index contributed by atoms with van der Waals surface area (Å²) in [7, 11) is 0. The van der Waals surface area contributed by atoms with Crippen LogP contribution in [-0.4, -0.2) is 45.2 Å². The Balaban J connectivity index is 1.84. The highest BCUT2D eigenvalue weighted by molar-refractivity contribution is 7.08. The summed E-state index contributed by atoms with van der Waals surface area (Å²) in [6, 6.07) is 1.87. The molecule has 2 aromatic heterocycles. The average molecular weight is 295 g/mol. The first kappa shape index (κ1) is 14.1. The van der Waals surface area contributed by atoms with Crippen molar-refractivity contribution in [2.24, 2.45) is 0 Å². The molecule has 0 aliphatic rings. The van der Waals surface area contributed by atoms with Gasteiger partial charge in [0, 0.05) is 10.9 Å². The van der Waals surface area contributed by atoms with Crippen molar-refractivity contribution in [2.75, 3.05) is 13.2 Å². The number of nitrogens with one attached hydrogen (secondary N) is 1. The number of thiophene rings is 1. The molecule has 0 aromatic carbocycles. The highest BCUT2D eigenvalue weighted by Gasteiger charge is 2.10. The lowest BCUT2D eigenvalue weighted by Gasteiger charge is -2.03. The Labute approximate surface area is 118 Å². The molecule has 2 heterocycles. The first-order valence-corrected chi connectivity index (χ1v) is 6.86. The molecule has 1 amide bonds. The van der Waals surface area contributed by atoms with Gasteiger partial charge in [-0.1, -0.05) is 0 Å². The molecule has 0 saturated heterocycles. The normalized spacial score (nSPS) is 10.2. The van der Waals surface area contributed by atoms with E-state index in [4.69, 9.17) is 4.74 Å². The van der Waals surface area contributed by atoms with Crippen LogP contribution < -0.4 is 5.32 Å². The lowest BCUT2D eigenvalue weighted by atomic mass is 10.3. The van der Waals surface area contributed by atoms with E-state index in [2.05, 4.69) is 20.7 Å². The Bertz CT molecular complexity index is 581. The minimum atomic E-state index is -0.480. The molecule has 2 aromatic rings. The van der Waals surface area contributed by atoms with Crippen LogP contribution in [-0.2, 0) is 20.9 Å². The molecule has 0 atom stereocenters. The molecule has 106 valence electrons. The first-order chi connectivity index (χ1) is 9.69. The zero-order valence-corrected chi connectivity index (χ0v) is 11.6. The number of amides is 1. The van der Waals surface area contributed by atoms with Crippen LogP contribution in [0.4, 0.5) is 0 Å². The van der Waals surface area contributed by atoms with E-state index in [-0.39, 0.29) is 25.6 Å². The number of carbonyl (C=O) groups excluding carboxylic acids is 2.